The summed E-state index contributed by atoms with van der Waals surface area (Å²) in [5.41, 5.74) is 1.14. The van der Waals surface area contributed by atoms with Crippen molar-refractivity contribution in [1.29, 1.82) is 0 Å². The van der Waals surface area contributed by atoms with Crippen molar-refractivity contribution >= 4 is 34.4 Å². The van der Waals surface area contributed by atoms with Gasteiger partial charge in [-0.2, -0.15) is 0 Å². The predicted octanol–water partition coefficient (Wildman–Crippen LogP) is 1.87. The molecule has 2 aromatic heterocycles. The SMILES string of the molecule is Cc1cc(=O)oc2c(C=NCCN=Cc3c([O-])ccc4c(C)cc(=O)oc34)c([O-])ccc12.[La].[O-]N([O-])O. The molecule has 0 bridgehead atoms. The summed E-state index contributed by atoms with van der Waals surface area (Å²) in [4.78, 5) is 31.8. The number of hydrogen-bond donors (Lipinski definition) is 1. The summed E-state index contributed by atoms with van der Waals surface area (Å²) in [6.45, 7) is 3.98. The molecule has 2 aromatic carbocycles. The molecule has 2 heterocycles. The molecule has 1 radical (unpaired) electrons. The molecule has 12 nitrogen and oxygen atoms in total. The largest absolute Gasteiger partial charge is 0.872 e. The third-order valence-corrected chi connectivity index (χ3v) is 5.03. The number of nitrogens with zero attached hydrogens (tertiary/aromatic N) is 3. The molecule has 0 unspecified atom stereocenters. The fraction of sp³-hybridized carbons (Fsp3) is 0.167. The van der Waals surface area contributed by atoms with Crippen LogP contribution in [0.25, 0.3) is 21.9 Å². The second kappa shape index (κ2) is 13.4. The Balaban J connectivity index is 0.000000898. The summed E-state index contributed by atoms with van der Waals surface area (Å²) < 4.78 is 10.4. The number of hydrogen-bond acceptors (Lipinski definition) is 12. The molecule has 0 saturated carbocycles. The van der Waals surface area contributed by atoms with E-state index in [0.717, 1.165) is 0 Å². The quantitative estimate of drug-likeness (QED) is 0.147. The molecule has 0 spiro atoms. The van der Waals surface area contributed by atoms with Gasteiger partial charge in [-0.1, -0.05) is 35.8 Å². The van der Waals surface area contributed by atoms with Crippen LogP contribution >= 0.6 is 0 Å². The van der Waals surface area contributed by atoms with Crippen molar-refractivity contribution in [3.05, 3.63) is 89.9 Å². The Kier molecular flexibility index (Phi) is 10.9. The molecule has 0 aliphatic heterocycles. The minimum atomic E-state index is -1.50. The minimum absolute atomic E-state index is 0. The van der Waals surface area contributed by atoms with Crippen LogP contribution in [0.4, 0.5) is 0 Å². The van der Waals surface area contributed by atoms with Crippen LogP contribution in [0, 0.1) is 59.9 Å². The van der Waals surface area contributed by atoms with Gasteiger partial charge in [0.05, 0.1) is 13.1 Å². The van der Waals surface area contributed by atoms with Gasteiger partial charge in [-0.3, -0.25) is 9.98 Å². The van der Waals surface area contributed by atoms with E-state index < -0.39 is 16.6 Å². The number of rotatable bonds is 5. The zero-order chi connectivity index (χ0) is 26.4. The number of aryl methyl sites for hydroxylation is 2. The van der Waals surface area contributed by atoms with Gasteiger partial charge in [-0.25, -0.2) is 9.59 Å². The minimum Gasteiger partial charge on any atom is -0.872 e. The van der Waals surface area contributed by atoms with Gasteiger partial charge < -0.3 is 40.1 Å². The van der Waals surface area contributed by atoms with Crippen molar-refractivity contribution in [3.8, 4) is 11.5 Å². The Hall–Kier alpha value is -3.17. The van der Waals surface area contributed by atoms with Gasteiger partial charge >= 0.3 is 11.3 Å². The molecule has 191 valence electrons. The second-order valence-electron chi connectivity index (χ2n) is 7.51. The van der Waals surface area contributed by atoms with Gasteiger partial charge in [-0.05, 0) is 25.0 Å². The summed E-state index contributed by atoms with van der Waals surface area (Å²) >= 11 is 0. The second-order valence-corrected chi connectivity index (χ2v) is 7.51. The first kappa shape index (κ1) is 30.1. The molecule has 37 heavy (non-hydrogen) atoms. The topological polar surface area (TPSA) is 201 Å². The van der Waals surface area contributed by atoms with E-state index in [1.165, 1.54) is 36.7 Å². The molecule has 0 aliphatic carbocycles. The van der Waals surface area contributed by atoms with Gasteiger partial charge in [0.2, 0.25) is 0 Å². The van der Waals surface area contributed by atoms with E-state index in [1.54, 1.807) is 26.0 Å². The summed E-state index contributed by atoms with van der Waals surface area (Å²) in [5.74, 6) is -0.619. The number of benzene rings is 2. The number of fused-ring (bicyclic) bond motifs is 2. The molecule has 0 fully saturated rings. The van der Waals surface area contributed by atoms with Crippen molar-refractivity contribution < 1.29 is 59.9 Å². The zero-order valence-electron chi connectivity index (χ0n) is 19.7. The van der Waals surface area contributed by atoms with Gasteiger partial charge in [-0.15, -0.1) is 0 Å². The van der Waals surface area contributed by atoms with Crippen molar-refractivity contribution in [3.63, 3.8) is 0 Å². The molecular weight excluding hydrogens is 613 g/mol. The molecule has 0 amide bonds. The molecular formula is C24H19LaN3O9-4. The van der Waals surface area contributed by atoms with Crippen LogP contribution in [0.15, 0.2) is 64.8 Å². The summed E-state index contributed by atoms with van der Waals surface area (Å²) in [5, 5.41) is 47.8. The standard InChI is InChI=1S/C24H20N2O6.La.HNO3/c1-13-9-21(29)31-23-15(13)3-5-19(27)17(23)11-25-7-8-26-12-18-20(28)6-4-16-14(2)10-22(30)32-24(16)18;;2-1(3)4/h3-6,9-12,27-28H,7-8H2,1-2H3;;2H/q;;-2/p-2. The smallest absolute Gasteiger partial charge is 0.336 e. The number of aliphatic imine (C=N–C) groups is 2. The van der Waals surface area contributed by atoms with Crippen molar-refractivity contribution in [2.75, 3.05) is 13.1 Å². The Labute approximate surface area is 236 Å². The van der Waals surface area contributed by atoms with Gasteiger partial charge in [0.1, 0.15) is 11.2 Å². The molecule has 0 saturated heterocycles. The molecule has 0 aliphatic rings. The Bertz CT molecular complexity index is 1460. The Morgan fingerprint density at radius 3 is 1.51 bits per heavy atom. The van der Waals surface area contributed by atoms with Gasteiger partial charge in [0, 0.05) is 82.1 Å². The summed E-state index contributed by atoms with van der Waals surface area (Å²) in [6, 6.07) is 8.76. The Morgan fingerprint density at radius 1 is 0.811 bits per heavy atom. The Morgan fingerprint density at radius 2 is 1.16 bits per heavy atom. The van der Waals surface area contributed by atoms with E-state index in [9.17, 15) is 19.8 Å². The molecule has 4 rings (SSSR count). The van der Waals surface area contributed by atoms with Gasteiger partial charge in [0.25, 0.3) is 0 Å². The van der Waals surface area contributed by atoms with E-state index in [2.05, 4.69) is 9.98 Å². The summed E-state index contributed by atoms with van der Waals surface area (Å²) in [6.07, 6.45) is 2.73. The maximum atomic E-state index is 12.2. The van der Waals surface area contributed by atoms with Crippen molar-refractivity contribution in [2.24, 2.45) is 9.98 Å². The van der Waals surface area contributed by atoms with Crippen LogP contribution in [0.2, 0.25) is 0 Å². The normalized spacial score (nSPS) is 11.3. The maximum Gasteiger partial charge on any atom is 0.336 e. The van der Waals surface area contributed by atoms with Gasteiger partial charge in [0.15, 0.2) is 0 Å². The van der Waals surface area contributed by atoms with E-state index in [1.807, 2.05) is 0 Å². The predicted molar refractivity (Wildman–Crippen MR) is 129 cm³/mol. The van der Waals surface area contributed by atoms with Crippen LogP contribution in [-0.4, -0.2) is 36.1 Å². The molecule has 0 atom stereocenters. The molecule has 13 heteroatoms. The van der Waals surface area contributed by atoms with Crippen LogP contribution in [-0.2, 0) is 0 Å². The zero-order valence-corrected chi connectivity index (χ0v) is 23.3. The van der Waals surface area contributed by atoms with Crippen LogP contribution in [0.3, 0.4) is 0 Å². The van der Waals surface area contributed by atoms with E-state index in [-0.39, 0.29) is 82.5 Å². The van der Waals surface area contributed by atoms with E-state index >= 15 is 0 Å². The van der Waals surface area contributed by atoms with E-state index in [4.69, 9.17) is 24.5 Å². The van der Waals surface area contributed by atoms with E-state index in [0.29, 0.717) is 21.9 Å². The third kappa shape index (κ3) is 7.66. The van der Waals surface area contributed by atoms with Crippen molar-refractivity contribution in [2.45, 2.75) is 13.8 Å². The molecule has 4 aromatic rings. The first-order valence-electron chi connectivity index (χ1n) is 10.4. The average Bonchev–Trinajstić information content (AvgIpc) is 2.78. The van der Waals surface area contributed by atoms with Crippen LogP contribution in [0.5, 0.6) is 11.5 Å². The monoisotopic (exact) mass is 632 g/mol. The van der Waals surface area contributed by atoms with Crippen LogP contribution in [0.1, 0.15) is 22.3 Å². The first-order chi connectivity index (χ1) is 17.1. The average molecular weight is 632 g/mol. The first-order valence-corrected chi connectivity index (χ1v) is 10.4. The third-order valence-electron chi connectivity index (χ3n) is 5.03. The fourth-order valence-corrected chi connectivity index (χ4v) is 3.44. The van der Waals surface area contributed by atoms with Crippen LogP contribution < -0.4 is 21.5 Å². The fourth-order valence-electron chi connectivity index (χ4n) is 3.44. The maximum absolute atomic E-state index is 12.2. The van der Waals surface area contributed by atoms with Crippen molar-refractivity contribution in [1.82, 2.24) is 5.39 Å². The molecule has 1 N–H and O–H groups in total. The summed E-state index contributed by atoms with van der Waals surface area (Å²) in [7, 11) is 0.